The minimum atomic E-state index is -1.57. The van der Waals surface area contributed by atoms with Gasteiger partial charge < -0.3 is 63.8 Å². The van der Waals surface area contributed by atoms with Crippen molar-refractivity contribution in [2.24, 2.45) is 11.8 Å². The van der Waals surface area contributed by atoms with E-state index in [0.29, 0.717) is 34.3 Å². The maximum atomic E-state index is 12.7. The van der Waals surface area contributed by atoms with Crippen LogP contribution in [0.3, 0.4) is 0 Å². The molecule has 0 radical (unpaired) electrons. The van der Waals surface area contributed by atoms with E-state index in [1.807, 2.05) is 18.2 Å². The second-order valence-corrected chi connectivity index (χ2v) is 10.3. The van der Waals surface area contributed by atoms with Crippen LogP contribution >= 0.6 is 0 Å². The monoisotopic (exact) mass is 594 g/mol. The lowest BCUT2D eigenvalue weighted by Gasteiger charge is -2.37. The molecule has 3 heterocycles. The zero-order valence-corrected chi connectivity index (χ0v) is 23.1. The zero-order chi connectivity index (χ0) is 30.3. The highest BCUT2D eigenvalue weighted by Gasteiger charge is 2.52. The highest BCUT2D eigenvalue weighted by Crippen LogP contribution is 2.55. The number of carbonyl (C=O) groups excluding carboxylic acids is 1. The van der Waals surface area contributed by atoms with Crippen LogP contribution in [0.25, 0.3) is 0 Å². The first kappa shape index (κ1) is 30.1. The van der Waals surface area contributed by atoms with Gasteiger partial charge in [-0.1, -0.05) is 0 Å². The van der Waals surface area contributed by atoms with E-state index < -0.39 is 49.3 Å². The fourth-order valence-electron chi connectivity index (χ4n) is 5.90. The number of hydrogen-bond acceptors (Lipinski definition) is 14. The van der Waals surface area contributed by atoms with Gasteiger partial charge in [-0.25, -0.2) is 0 Å². The number of fused-ring (bicyclic) bond motifs is 3. The summed E-state index contributed by atoms with van der Waals surface area (Å²) < 4.78 is 37.5. The van der Waals surface area contributed by atoms with E-state index in [1.54, 1.807) is 20.3 Å². The van der Waals surface area contributed by atoms with Crippen molar-refractivity contribution in [3.63, 3.8) is 0 Å². The van der Waals surface area contributed by atoms with Crippen molar-refractivity contribution in [2.45, 2.75) is 42.7 Å². The highest BCUT2D eigenvalue weighted by atomic mass is 16.7. The van der Waals surface area contributed by atoms with Crippen LogP contribution in [0.5, 0.6) is 28.7 Å². The Bertz CT molecular complexity index is 1270. The molecule has 6 N–H and O–H groups in total. The Morgan fingerprint density at radius 3 is 2.00 bits per heavy atom. The minimum absolute atomic E-state index is 0.123. The second-order valence-electron chi connectivity index (χ2n) is 10.3. The quantitative estimate of drug-likeness (QED) is 0.235. The standard InChI is InChI=1S/C22H22O8.C6H12O6/c1-25-16-4-10(5-17(26-2)21(16)27-3)18-11-6-14-15(30-9-29-14)7-12(11)20(23)13-8-28-22(24)19(13)18;7-1-2-3(8)4(9)5(10)6(11)12-2/h4-7,13,18-20,23H,8-9H2,1-3H3;2-11H,1H2/t13-,18+,19-,20-;2-,3-,4+,5-,6?/m01/s1. The predicted molar refractivity (Wildman–Crippen MR) is 139 cm³/mol. The van der Waals surface area contributed by atoms with Crippen LogP contribution in [-0.2, 0) is 14.3 Å². The summed E-state index contributed by atoms with van der Waals surface area (Å²) in [6, 6.07) is 7.31. The molecule has 9 atom stereocenters. The molecule has 0 bridgehead atoms. The number of aliphatic hydroxyl groups is 6. The first-order chi connectivity index (χ1) is 20.1. The smallest absolute Gasteiger partial charge is 0.310 e. The number of esters is 1. The Hall–Kier alpha value is -3.37. The van der Waals surface area contributed by atoms with Gasteiger partial charge in [0.1, 0.15) is 24.4 Å². The summed E-state index contributed by atoms with van der Waals surface area (Å²) in [4.78, 5) is 12.7. The Morgan fingerprint density at radius 1 is 0.810 bits per heavy atom. The summed E-state index contributed by atoms with van der Waals surface area (Å²) in [5.41, 5.74) is 2.30. The maximum absolute atomic E-state index is 12.7. The van der Waals surface area contributed by atoms with Gasteiger partial charge >= 0.3 is 5.97 Å². The van der Waals surface area contributed by atoms with Crippen LogP contribution < -0.4 is 23.7 Å². The summed E-state index contributed by atoms with van der Waals surface area (Å²) in [7, 11) is 4.63. The molecule has 2 fully saturated rings. The van der Waals surface area contributed by atoms with Gasteiger partial charge in [0.05, 0.1) is 46.6 Å². The molecule has 1 unspecified atom stereocenters. The first-order valence-corrected chi connectivity index (χ1v) is 13.2. The summed E-state index contributed by atoms with van der Waals surface area (Å²) >= 11 is 0. The topological polar surface area (TPSA) is 203 Å². The normalized spacial score (nSPS) is 32.6. The van der Waals surface area contributed by atoms with Gasteiger partial charge in [0.2, 0.25) is 12.5 Å². The average molecular weight is 595 g/mol. The van der Waals surface area contributed by atoms with Gasteiger partial charge in [0.15, 0.2) is 29.3 Å². The van der Waals surface area contributed by atoms with Crippen LogP contribution in [0.4, 0.5) is 0 Å². The van der Waals surface area contributed by atoms with Crippen LogP contribution in [0.2, 0.25) is 0 Å². The van der Waals surface area contributed by atoms with Crippen LogP contribution in [-0.4, -0.2) is 109 Å². The van der Waals surface area contributed by atoms with Gasteiger partial charge in [-0.2, -0.15) is 0 Å². The molecule has 3 aliphatic heterocycles. The first-order valence-electron chi connectivity index (χ1n) is 13.2. The molecular weight excluding hydrogens is 560 g/mol. The Labute approximate surface area is 240 Å². The number of rotatable bonds is 5. The Morgan fingerprint density at radius 2 is 1.43 bits per heavy atom. The summed E-state index contributed by atoms with van der Waals surface area (Å²) in [5.74, 6) is 0.989. The maximum Gasteiger partial charge on any atom is 0.310 e. The number of carbonyl (C=O) groups is 1. The third-order valence-electron chi connectivity index (χ3n) is 8.06. The van der Waals surface area contributed by atoms with Crippen LogP contribution in [0, 0.1) is 11.8 Å². The molecule has 14 nitrogen and oxygen atoms in total. The number of methoxy groups -OCH3 is 3. The van der Waals surface area contributed by atoms with E-state index in [9.17, 15) is 9.90 Å². The van der Waals surface area contributed by atoms with Crippen molar-refractivity contribution in [1.82, 2.24) is 0 Å². The van der Waals surface area contributed by atoms with Gasteiger partial charge in [-0.05, 0) is 41.0 Å². The van der Waals surface area contributed by atoms with Crippen molar-refractivity contribution in [2.75, 3.05) is 41.3 Å². The van der Waals surface area contributed by atoms with E-state index in [2.05, 4.69) is 4.74 Å². The lowest BCUT2D eigenvalue weighted by Crippen LogP contribution is -2.58. The lowest BCUT2D eigenvalue weighted by atomic mass is 9.66. The van der Waals surface area contributed by atoms with Crippen molar-refractivity contribution in [3.8, 4) is 28.7 Å². The number of aliphatic hydroxyl groups excluding tert-OH is 6. The molecule has 0 spiro atoms. The molecule has 2 saturated heterocycles. The molecule has 0 saturated carbocycles. The average Bonchev–Trinajstić information content (AvgIpc) is 3.63. The fraction of sp³-hybridized carbons (Fsp3) is 0.536. The van der Waals surface area contributed by atoms with Crippen molar-refractivity contribution in [1.29, 1.82) is 0 Å². The van der Waals surface area contributed by atoms with Crippen molar-refractivity contribution < 1.29 is 68.6 Å². The van der Waals surface area contributed by atoms with E-state index in [0.717, 1.165) is 11.1 Å². The summed E-state index contributed by atoms with van der Waals surface area (Å²) in [6.45, 7) is -0.237. The highest BCUT2D eigenvalue weighted by molar-refractivity contribution is 5.79. The van der Waals surface area contributed by atoms with Crippen LogP contribution in [0.15, 0.2) is 24.3 Å². The van der Waals surface area contributed by atoms with E-state index in [-0.39, 0.29) is 31.2 Å². The molecule has 42 heavy (non-hydrogen) atoms. The lowest BCUT2D eigenvalue weighted by molar-refractivity contribution is -0.286. The van der Waals surface area contributed by atoms with E-state index >= 15 is 0 Å². The third kappa shape index (κ3) is 5.08. The second kappa shape index (κ2) is 12.1. The largest absolute Gasteiger partial charge is 0.493 e. The zero-order valence-electron chi connectivity index (χ0n) is 23.1. The molecule has 2 aromatic carbocycles. The Balaban J connectivity index is 0.000000248. The summed E-state index contributed by atoms with van der Waals surface area (Å²) in [6.07, 6.45) is -7.88. The molecule has 230 valence electrons. The molecule has 0 aromatic heterocycles. The van der Waals surface area contributed by atoms with Crippen molar-refractivity contribution >= 4 is 5.97 Å². The summed E-state index contributed by atoms with van der Waals surface area (Å²) in [5, 5.41) is 55.7. The molecule has 1 aliphatic carbocycles. The van der Waals surface area contributed by atoms with Crippen LogP contribution in [0.1, 0.15) is 28.7 Å². The minimum Gasteiger partial charge on any atom is -0.493 e. The number of hydrogen-bond donors (Lipinski definition) is 6. The van der Waals surface area contributed by atoms with Gasteiger partial charge in [0.25, 0.3) is 0 Å². The molecule has 0 amide bonds. The molecule has 6 rings (SSSR count). The van der Waals surface area contributed by atoms with Crippen molar-refractivity contribution in [3.05, 3.63) is 41.0 Å². The van der Waals surface area contributed by atoms with Gasteiger partial charge in [-0.15, -0.1) is 0 Å². The Kier molecular flexibility index (Phi) is 8.66. The molecule has 4 aliphatic rings. The number of benzene rings is 2. The molecule has 14 heteroatoms. The van der Waals surface area contributed by atoms with Gasteiger partial charge in [0, 0.05) is 11.8 Å². The fourth-order valence-corrected chi connectivity index (χ4v) is 5.90. The third-order valence-corrected chi connectivity index (χ3v) is 8.06. The SMILES string of the molecule is COc1cc([C@@H]2c3cc4c(cc3[C@H](O)[C@H]3COC(=O)[C@H]23)OCO4)cc(OC)c1OC.OC[C@H]1OC(O)[C@H](O)[C@@H](O)[C@@H]1O. The predicted octanol–water partition coefficient (Wildman–Crippen LogP) is -0.812. The molecule has 2 aromatic rings. The molecular formula is C28H34O14. The van der Waals surface area contributed by atoms with Gasteiger partial charge in [-0.3, -0.25) is 4.79 Å². The number of cyclic esters (lactones) is 1. The van der Waals surface area contributed by atoms with E-state index in [1.165, 1.54) is 7.11 Å². The number of ether oxygens (including phenoxy) is 7. The van der Waals surface area contributed by atoms with E-state index in [4.69, 9.17) is 54.0 Å².